The highest BCUT2D eigenvalue weighted by atomic mass is 15.2. The molecule has 0 spiro atoms. The molecule has 0 fully saturated rings. The van der Waals surface area contributed by atoms with Crippen LogP contribution in [0.15, 0.2) is 243 Å². The minimum Gasteiger partial charge on any atom is -0.310 e. The van der Waals surface area contributed by atoms with Gasteiger partial charge in [0.2, 0.25) is 0 Å². The molecule has 0 unspecified atom stereocenters. The van der Waals surface area contributed by atoms with Crippen LogP contribution in [0.4, 0.5) is 34.1 Å². The average Bonchev–Trinajstić information content (AvgIpc) is 0.752. The van der Waals surface area contributed by atoms with Crippen LogP contribution in [0, 0.1) is 48.7 Å². The molecule has 0 radical (unpaired) electrons. The van der Waals surface area contributed by atoms with Gasteiger partial charge in [-0.15, -0.1) is 0 Å². The van der Waals surface area contributed by atoms with Gasteiger partial charge < -0.3 is 18.9 Å². The Hall–Kier alpha value is -10.9. The summed E-state index contributed by atoms with van der Waals surface area (Å²) >= 11 is 0. The summed E-state index contributed by atoms with van der Waals surface area (Å²) in [7, 11) is 0. The van der Waals surface area contributed by atoms with Crippen molar-refractivity contribution in [1.82, 2.24) is 9.13 Å². The molecule has 0 saturated carbocycles. The molecule has 17 rings (SSSR count). The van der Waals surface area contributed by atoms with Crippen LogP contribution in [-0.4, -0.2) is 15.8 Å². The van der Waals surface area contributed by atoms with E-state index in [-0.39, 0.29) is 21.7 Å². The van der Waals surface area contributed by atoms with Gasteiger partial charge in [0, 0.05) is 91.6 Å². The molecule has 0 N–H and O–H groups in total. The number of rotatable bonds is 17. The van der Waals surface area contributed by atoms with Crippen molar-refractivity contribution in [2.24, 2.45) is 48.7 Å². The van der Waals surface area contributed by atoms with Crippen molar-refractivity contribution in [3.8, 4) is 55.9 Å². The SMILES string of the molecule is [2H]C([2H])(c1cccc(-c2cc(C(C)(C)C)cc(-c3cccc(C([2H])([2H])C(C)(C)C)c3)c2N2c3cc(-n4c5ccc(CC(C)(C)C)cc5c5cc(CC(C)(C)C)ccc54)ccc3B3c4ccc(-n5c6ccc(CC(C)(C)C)cc6c6cc(CC(C)(C)C)ccc65)cc4N(c4c(-c5cccc(C([2H])([2H])C(C)(C)C)c5)cc(C(C)(C)C)cc4-c4cccc(C([2H])([2H])C(C)(C)C)c4)c4cc(C([2H])([2H])C(C)(C)C)cc2c43)c1)C(C)(C)C. The Bertz CT molecular complexity index is 6920. The Kier molecular flexibility index (Phi) is 21.5. The zero-order chi connectivity index (χ0) is 107. The van der Waals surface area contributed by atoms with Crippen LogP contribution in [0.5, 0.6) is 0 Å². The molecule has 2 aliphatic heterocycles. The third kappa shape index (κ3) is 20.9. The summed E-state index contributed by atoms with van der Waals surface area (Å²) in [6.45, 7) is 70.0. The fraction of sp³-hybridized carbons (Fsp3) is 0.405. The van der Waals surface area contributed by atoms with Gasteiger partial charge in [0.15, 0.2) is 0 Å². The number of fused-ring (bicyclic) bond motifs is 10. The molecule has 0 bridgehead atoms. The van der Waals surface area contributed by atoms with E-state index in [1.165, 1.54) is 22.3 Å². The molecule has 5 heteroatoms. The van der Waals surface area contributed by atoms with Crippen molar-refractivity contribution in [3.63, 3.8) is 0 Å². The van der Waals surface area contributed by atoms with Crippen LogP contribution in [0.25, 0.3) is 99.5 Å². The first kappa shape index (κ1) is 84.4. The number of nitrogens with zero attached hydrogens (tertiary/aromatic N) is 4. The molecule has 15 aromatic rings. The van der Waals surface area contributed by atoms with Crippen LogP contribution >= 0.6 is 0 Å². The second-order valence-corrected chi connectivity index (χ2v) is 52.1. The Morgan fingerprint density at radius 3 is 0.713 bits per heavy atom. The quantitative estimate of drug-likeness (QED) is 0.0845. The van der Waals surface area contributed by atoms with Crippen molar-refractivity contribution in [3.05, 3.63) is 304 Å². The van der Waals surface area contributed by atoms with Crippen molar-refractivity contribution in [2.45, 2.75) is 297 Å². The number of hydrogen-bond donors (Lipinski definition) is 0. The molecular formula is C131H157BN4. The molecule has 0 atom stereocenters. The molecule has 0 aliphatic carbocycles. The summed E-state index contributed by atoms with van der Waals surface area (Å²) in [5.74, 6) is 0. The highest BCUT2D eigenvalue weighted by Gasteiger charge is 2.47. The van der Waals surface area contributed by atoms with Crippen LogP contribution in [0.1, 0.15) is 303 Å². The summed E-state index contributed by atoms with van der Waals surface area (Å²) < 4.78 is 110. The van der Waals surface area contributed by atoms with E-state index in [1.807, 2.05) is 152 Å². The molecule has 0 amide bonds. The second-order valence-electron chi connectivity index (χ2n) is 52.1. The highest BCUT2D eigenvalue weighted by molar-refractivity contribution is 7.00. The van der Waals surface area contributed by atoms with Gasteiger partial charge in [0.25, 0.3) is 6.71 Å². The minimum absolute atomic E-state index is 0.0152. The van der Waals surface area contributed by atoms with E-state index in [2.05, 4.69) is 338 Å². The lowest BCUT2D eigenvalue weighted by atomic mass is 9.33. The highest BCUT2D eigenvalue weighted by Crippen LogP contribution is 2.57. The van der Waals surface area contributed by atoms with Gasteiger partial charge in [-0.2, -0.15) is 0 Å². The summed E-state index contributed by atoms with van der Waals surface area (Å²) in [6.07, 6.45) is -6.14. The van der Waals surface area contributed by atoms with E-state index in [4.69, 9.17) is 0 Å². The maximum absolute atomic E-state index is 11.4. The molecule has 2 aliphatic rings. The van der Waals surface area contributed by atoms with Crippen molar-refractivity contribution >= 4 is 101 Å². The first-order chi connectivity index (χ1) is 67.0. The first-order valence-electron chi connectivity index (χ1n) is 55.1. The van der Waals surface area contributed by atoms with Crippen LogP contribution in [-0.2, 0) is 68.4 Å². The standard InChI is InChI=1S/C131H157BN4/c1-121(2,3)74-83-38-34-42-92(58-83)100-68-96(130(28,29)30)69-101(93-43-35-39-84(59-93)75-122(4,5)6)119(100)135-114-72-98(133-110-54-46-87(78-125(13,14)15)62-104(110)105-63-88(47-55-111(105)133)79-126(16,17)18)50-52-108(114)132-109-53-51-99(134-112-56-48-89(80-127(19,20)21)64-106(112)107-65-90(49-57-113(107)134)81-128(22,23)24)73-115(109)136(117-67-91(82-129(25,26)27)66-116(135)118(117)132)120-102(94-44-36-40-85(60-94)76-123(7,8)9)70-97(131(31,32)33)71-103(120)95-45-37-41-86(61-95)77-124(10,11)12/h34-73H,74-82H2,1-33H3/i74D2,75D2,76D2,77D2,82D2. The van der Waals surface area contributed by atoms with E-state index in [0.717, 1.165) is 175 Å². The molecule has 704 valence electrons. The van der Waals surface area contributed by atoms with E-state index < -0.39 is 76.5 Å². The van der Waals surface area contributed by atoms with Gasteiger partial charge in [-0.05, 0) is 326 Å². The van der Waals surface area contributed by atoms with Crippen LogP contribution in [0.3, 0.4) is 0 Å². The van der Waals surface area contributed by atoms with E-state index >= 15 is 0 Å². The van der Waals surface area contributed by atoms with E-state index in [9.17, 15) is 13.7 Å². The smallest absolute Gasteiger partial charge is 0.252 e. The molecular weight excluding hydrogens is 1640 g/mol. The Morgan fingerprint density at radius 2 is 0.478 bits per heavy atom. The lowest BCUT2D eigenvalue weighted by molar-refractivity contribution is 0.411. The number of anilines is 6. The second kappa shape index (κ2) is 34.6. The van der Waals surface area contributed by atoms with Gasteiger partial charge in [0.05, 0.1) is 33.4 Å². The van der Waals surface area contributed by atoms with Gasteiger partial charge in [0.1, 0.15) is 0 Å². The largest absolute Gasteiger partial charge is 0.310 e. The predicted molar refractivity (Wildman–Crippen MR) is 597 cm³/mol. The monoisotopic (exact) mass is 1810 g/mol. The number of benzene rings is 13. The van der Waals surface area contributed by atoms with Crippen molar-refractivity contribution in [1.29, 1.82) is 0 Å². The lowest BCUT2D eigenvalue weighted by Crippen LogP contribution is -2.61. The maximum atomic E-state index is 11.4. The van der Waals surface area contributed by atoms with Crippen LogP contribution in [0.2, 0.25) is 0 Å². The molecule has 4 nitrogen and oxygen atoms in total. The molecule has 136 heavy (non-hydrogen) atoms. The van der Waals surface area contributed by atoms with E-state index in [0.29, 0.717) is 39.2 Å². The van der Waals surface area contributed by atoms with Gasteiger partial charge in [-0.1, -0.05) is 362 Å². The normalized spacial score (nSPS) is 15.5. The fourth-order valence-corrected chi connectivity index (χ4v) is 21.2. The summed E-state index contributed by atoms with van der Waals surface area (Å²) in [6, 6.07) is 88.4. The van der Waals surface area contributed by atoms with Crippen molar-refractivity contribution < 1.29 is 13.7 Å². The first-order valence-corrected chi connectivity index (χ1v) is 50.1. The number of aromatic nitrogens is 2. The number of hydrogen-bond acceptors (Lipinski definition) is 2. The molecule has 13 aromatic carbocycles. The fourth-order valence-electron chi connectivity index (χ4n) is 21.2. The Labute approximate surface area is 833 Å². The summed E-state index contributed by atoms with van der Waals surface area (Å²) in [4.78, 5) is 4.91. The van der Waals surface area contributed by atoms with Crippen LogP contribution < -0.4 is 26.2 Å². The third-order valence-electron chi connectivity index (χ3n) is 26.0. The predicted octanol–water partition coefficient (Wildman–Crippen LogP) is 35.5. The third-order valence-corrected chi connectivity index (χ3v) is 26.0. The average molecular weight is 1810 g/mol. The summed E-state index contributed by atoms with van der Waals surface area (Å²) in [5.41, 5.74) is 22.9. The topological polar surface area (TPSA) is 16.3 Å². The van der Waals surface area contributed by atoms with Gasteiger partial charge in [-0.25, -0.2) is 0 Å². The Morgan fingerprint density at radius 1 is 0.228 bits per heavy atom. The van der Waals surface area contributed by atoms with Crippen molar-refractivity contribution in [2.75, 3.05) is 9.80 Å². The summed E-state index contributed by atoms with van der Waals surface area (Å²) in [5, 5.41) is 4.59. The lowest BCUT2D eigenvalue weighted by Gasteiger charge is -2.46. The Balaban J connectivity index is 1.14. The van der Waals surface area contributed by atoms with Gasteiger partial charge >= 0.3 is 0 Å². The van der Waals surface area contributed by atoms with Gasteiger partial charge in [-0.3, -0.25) is 0 Å². The van der Waals surface area contributed by atoms with E-state index in [1.54, 1.807) is 0 Å². The zero-order valence-electron chi connectivity index (χ0n) is 98.3. The minimum atomic E-state index is -2.15. The molecule has 0 saturated heterocycles. The maximum Gasteiger partial charge on any atom is 0.252 e. The zero-order valence-corrected chi connectivity index (χ0v) is 88.3. The molecule has 2 aromatic heterocycles. The molecule has 4 heterocycles.